The van der Waals surface area contributed by atoms with Crippen LogP contribution < -0.4 is 10.1 Å². The summed E-state index contributed by atoms with van der Waals surface area (Å²) in [4.78, 5) is 0. The van der Waals surface area contributed by atoms with Crippen molar-refractivity contribution in [2.24, 2.45) is 0 Å². The van der Waals surface area contributed by atoms with Crippen LogP contribution in [-0.4, -0.2) is 26.1 Å². The number of hydrogen-bond acceptors (Lipinski definition) is 4. The first-order valence-corrected chi connectivity index (χ1v) is 5.76. The quantitative estimate of drug-likeness (QED) is 0.796. The molecule has 0 bridgehead atoms. The van der Waals surface area contributed by atoms with E-state index in [1.165, 1.54) is 0 Å². The average molecular weight is 247 g/mol. The number of ether oxygens (including phenoxy) is 2. The molecule has 0 saturated heterocycles. The molecule has 0 radical (unpaired) electrons. The minimum atomic E-state index is -0.0127. The van der Waals surface area contributed by atoms with Gasteiger partial charge in [0.05, 0.1) is 6.61 Å². The molecule has 0 aliphatic heterocycles. The maximum Gasteiger partial charge on any atom is 0.188 e. The molecular weight excluding hydrogens is 230 g/mol. The molecule has 0 aliphatic rings. The Balaban J connectivity index is 2.63. The first-order valence-electron chi connectivity index (χ1n) is 5.76. The van der Waals surface area contributed by atoms with Crippen LogP contribution in [-0.2, 0) is 11.3 Å². The predicted molar refractivity (Wildman–Crippen MR) is 71.9 cm³/mol. The maximum absolute atomic E-state index is 9.51. The minimum Gasteiger partial charge on any atom is -0.467 e. The van der Waals surface area contributed by atoms with Gasteiger partial charge in [-0.05, 0) is 5.39 Å². The van der Waals surface area contributed by atoms with Crippen molar-refractivity contribution in [3.05, 3.63) is 35.9 Å². The van der Waals surface area contributed by atoms with Crippen LogP contribution in [0.25, 0.3) is 10.8 Å². The zero-order valence-electron chi connectivity index (χ0n) is 10.6. The van der Waals surface area contributed by atoms with Gasteiger partial charge in [-0.25, -0.2) is 0 Å². The molecule has 2 aromatic carbocycles. The van der Waals surface area contributed by atoms with Gasteiger partial charge in [-0.1, -0.05) is 24.3 Å². The molecule has 0 atom stereocenters. The molecule has 2 rings (SSSR count). The summed E-state index contributed by atoms with van der Waals surface area (Å²) in [6.45, 7) is 0.187. The molecule has 0 spiro atoms. The van der Waals surface area contributed by atoms with Gasteiger partial charge in [0.1, 0.15) is 5.75 Å². The number of nitrogens with one attached hydrogen (secondary N) is 1. The third-order valence-corrected chi connectivity index (χ3v) is 2.88. The largest absolute Gasteiger partial charge is 0.467 e. The van der Waals surface area contributed by atoms with E-state index >= 15 is 0 Å². The van der Waals surface area contributed by atoms with Crippen LogP contribution >= 0.6 is 0 Å². The maximum atomic E-state index is 9.51. The Morgan fingerprint density at radius 2 is 1.94 bits per heavy atom. The normalized spacial score (nSPS) is 10.6. The molecule has 0 aromatic heterocycles. The number of anilines is 1. The predicted octanol–water partition coefficient (Wildman–Crippen LogP) is 2.36. The third-order valence-electron chi connectivity index (χ3n) is 2.88. The zero-order valence-corrected chi connectivity index (χ0v) is 10.6. The highest BCUT2D eigenvalue weighted by Gasteiger charge is 2.11. The van der Waals surface area contributed by atoms with E-state index in [1.807, 2.05) is 37.4 Å². The fourth-order valence-corrected chi connectivity index (χ4v) is 2.04. The molecule has 2 N–H and O–H groups in total. The molecule has 0 heterocycles. The Labute approximate surface area is 106 Å². The molecular formula is C14H17NO3. The summed E-state index contributed by atoms with van der Waals surface area (Å²) in [5.74, 6) is 0.744. The SMILES string of the molecule is CNc1cc(OCOC)c2ccccc2c1CO. The summed E-state index contributed by atoms with van der Waals surface area (Å²) in [7, 11) is 3.41. The molecule has 2 aromatic rings. The van der Waals surface area contributed by atoms with E-state index in [0.717, 1.165) is 27.8 Å². The summed E-state index contributed by atoms with van der Waals surface area (Å²) >= 11 is 0. The average Bonchev–Trinajstić information content (AvgIpc) is 2.43. The van der Waals surface area contributed by atoms with Gasteiger partial charge in [0.15, 0.2) is 6.79 Å². The Morgan fingerprint density at radius 1 is 1.22 bits per heavy atom. The van der Waals surface area contributed by atoms with Gasteiger partial charge in [0.2, 0.25) is 0 Å². The number of benzene rings is 2. The molecule has 0 unspecified atom stereocenters. The summed E-state index contributed by atoms with van der Waals surface area (Å²) in [5.41, 5.74) is 1.74. The van der Waals surface area contributed by atoms with Crippen molar-refractivity contribution < 1.29 is 14.6 Å². The van der Waals surface area contributed by atoms with Crippen molar-refractivity contribution in [3.8, 4) is 5.75 Å². The van der Waals surface area contributed by atoms with Crippen LogP contribution in [0.15, 0.2) is 30.3 Å². The summed E-state index contributed by atoms with van der Waals surface area (Å²) in [6, 6.07) is 9.72. The van der Waals surface area contributed by atoms with E-state index in [9.17, 15) is 5.11 Å². The van der Waals surface area contributed by atoms with Crippen LogP contribution in [0, 0.1) is 0 Å². The van der Waals surface area contributed by atoms with Crippen molar-refractivity contribution in [1.29, 1.82) is 0 Å². The number of hydrogen-bond donors (Lipinski definition) is 2. The Morgan fingerprint density at radius 3 is 2.56 bits per heavy atom. The molecule has 4 nitrogen and oxygen atoms in total. The summed E-state index contributed by atoms with van der Waals surface area (Å²) in [5, 5.41) is 14.5. The number of methoxy groups -OCH3 is 1. The highest BCUT2D eigenvalue weighted by Crippen LogP contribution is 2.34. The van der Waals surface area contributed by atoms with Crippen molar-refractivity contribution in [2.45, 2.75) is 6.61 Å². The summed E-state index contributed by atoms with van der Waals surface area (Å²) in [6.07, 6.45) is 0. The number of fused-ring (bicyclic) bond motifs is 1. The van der Waals surface area contributed by atoms with Crippen molar-refractivity contribution >= 4 is 16.5 Å². The topological polar surface area (TPSA) is 50.7 Å². The monoisotopic (exact) mass is 247 g/mol. The first-order chi connectivity index (χ1) is 8.81. The lowest BCUT2D eigenvalue weighted by molar-refractivity contribution is 0.0522. The van der Waals surface area contributed by atoms with Gasteiger partial charge in [-0.3, -0.25) is 0 Å². The van der Waals surface area contributed by atoms with Gasteiger partial charge < -0.3 is 19.9 Å². The highest BCUT2D eigenvalue weighted by molar-refractivity contribution is 5.95. The van der Waals surface area contributed by atoms with Crippen LogP contribution in [0.5, 0.6) is 5.75 Å². The Bertz CT molecular complexity index is 540. The standard InChI is InChI=1S/C14H17NO3/c1-15-13-7-14(18-9-17-2)11-6-4-3-5-10(11)12(13)8-16/h3-7,15-16H,8-9H2,1-2H3. The number of rotatable bonds is 5. The van der Waals surface area contributed by atoms with E-state index in [4.69, 9.17) is 9.47 Å². The summed E-state index contributed by atoms with van der Waals surface area (Å²) < 4.78 is 10.5. The van der Waals surface area contributed by atoms with Crippen LogP contribution in [0.4, 0.5) is 5.69 Å². The highest BCUT2D eigenvalue weighted by atomic mass is 16.7. The molecule has 0 saturated carbocycles. The minimum absolute atomic E-state index is 0.0127. The smallest absolute Gasteiger partial charge is 0.188 e. The van der Waals surface area contributed by atoms with E-state index in [0.29, 0.717) is 0 Å². The van der Waals surface area contributed by atoms with Crippen LogP contribution in [0.1, 0.15) is 5.56 Å². The Kier molecular flexibility index (Phi) is 4.02. The molecule has 0 aliphatic carbocycles. The second-order valence-corrected chi connectivity index (χ2v) is 3.91. The van der Waals surface area contributed by atoms with E-state index in [1.54, 1.807) is 7.11 Å². The number of aliphatic hydroxyl groups is 1. The van der Waals surface area contributed by atoms with Gasteiger partial charge in [-0.2, -0.15) is 0 Å². The lowest BCUT2D eigenvalue weighted by atomic mass is 10.0. The molecule has 18 heavy (non-hydrogen) atoms. The van der Waals surface area contributed by atoms with E-state index in [-0.39, 0.29) is 13.4 Å². The van der Waals surface area contributed by atoms with Gasteiger partial charge in [0.25, 0.3) is 0 Å². The van der Waals surface area contributed by atoms with Crippen LogP contribution in [0.3, 0.4) is 0 Å². The van der Waals surface area contributed by atoms with Crippen molar-refractivity contribution in [1.82, 2.24) is 0 Å². The Hall–Kier alpha value is -1.78. The molecule has 0 fully saturated rings. The first kappa shape index (κ1) is 12.7. The van der Waals surface area contributed by atoms with Gasteiger partial charge >= 0.3 is 0 Å². The molecule has 0 amide bonds. The second kappa shape index (κ2) is 5.71. The van der Waals surface area contributed by atoms with Crippen LogP contribution in [0.2, 0.25) is 0 Å². The molecule has 4 heteroatoms. The van der Waals surface area contributed by atoms with Crippen molar-refractivity contribution in [3.63, 3.8) is 0 Å². The number of aliphatic hydroxyl groups excluding tert-OH is 1. The van der Waals surface area contributed by atoms with Crippen molar-refractivity contribution in [2.75, 3.05) is 26.3 Å². The second-order valence-electron chi connectivity index (χ2n) is 3.91. The third kappa shape index (κ3) is 2.25. The van der Waals surface area contributed by atoms with E-state index < -0.39 is 0 Å². The van der Waals surface area contributed by atoms with E-state index in [2.05, 4.69) is 5.32 Å². The fraction of sp³-hybridized carbons (Fsp3) is 0.286. The lowest BCUT2D eigenvalue weighted by Gasteiger charge is -2.15. The zero-order chi connectivity index (χ0) is 13.0. The lowest BCUT2D eigenvalue weighted by Crippen LogP contribution is -2.03. The molecule has 96 valence electrons. The van der Waals surface area contributed by atoms with Gasteiger partial charge in [-0.15, -0.1) is 0 Å². The van der Waals surface area contributed by atoms with Gasteiger partial charge in [0, 0.05) is 36.9 Å². The fourth-order valence-electron chi connectivity index (χ4n) is 2.04.